The third-order valence-corrected chi connectivity index (χ3v) is 7.43. The summed E-state index contributed by atoms with van der Waals surface area (Å²) in [4.78, 5) is 28.4. The number of benzene rings is 3. The van der Waals surface area contributed by atoms with Crippen LogP contribution < -0.4 is 15.8 Å². The van der Waals surface area contributed by atoms with Gasteiger partial charge in [-0.1, -0.05) is 24.3 Å². The van der Waals surface area contributed by atoms with Crippen molar-refractivity contribution in [3.8, 4) is 5.75 Å². The van der Waals surface area contributed by atoms with Crippen molar-refractivity contribution < 1.29 is 32.2 Å². The second-order valence-corrected chi connectivity index (χ2v) is 12.7. The van der Waals surface area contributed by atoms with Gasteiger partial charge in [0.05, 0.1) is 17.9 Å². The minimum atomic E-state index is -3.94. The van der Waals surface area contributed by atoms with E-state index in [4.69, 9.17) is 13.9 Å². The number of aliphatic hydroxyl groups excluding tert-OH is 1. The van der Waals surface area contributed by atoms with Crippen LogP contribution in [0.15, 0.2) is 69.9 Å². The topological polar surface area (TPSA) is 153 Å². The van der Waals surface area contributed by atoms with Gasteiger partial charge in [-0.2, -0.15) is 3.97 Å². The van der Waals surface area contributed by atoms with Crippen LogP contribution in [-0.2, 0) is 19.6 Å². The van der Waals surface area contributed by atoms with E-state index < -0.39 is 39.5 Å². The molecule has 0 amide bonds. The molecular formula is C29H31N3O8S. The van der Waals surface area contributed by atoms with Gasteiger partial charge in [0, 0.05) is 28.9 Å². The van der Waals surface area contributed by atoms with Crippen molar-refractivity contribution in [1.29, 1.82) is 0 Å². The molecule has 0 unspecified atom stereocenters. The van der Waals surface area contributed by atoms with Crippen molar-refractivity contribution in [3.05, 3.63) is 76.8 Å². The molecule has 2 aromatic heterocycles. The maximum absolute atomic E-state index is 13.0. The van der Waals surface area contributed by atoms with E-state index in [-0.39, 0.29) is 24.3 Å². The van der Waals surface area contributed by atoms with Gasteiger partial charge in [0.2, 0.25) is 10.0 Å². The molecule has 12 heteroatoms. The second kappa shape index (κ2) is 10.7. The Kier molecular flexibility index (Phi) is 7.41. The van der Waals surface area contributed by atoms with Crippen LogP contribution in [0.5, 0.6) is 5.75 Å². The first-order chi connectivity index (χ1) is 19.3. The molecule has 0 aliphatic heterocycles. The van der Waals surface area contributed by atoms with E-state index >= 15 is 0 Å². The third kappa shape index (κ3) is 6.14. The molecule has 0 radical (unpaired) electrons. The van der Waals surface area contributed by atoms with Gasteiger partial charge in [-0.25, -0.2) is 13.2 Å². The number of para-hydroxylation sites is 1. The van der Waals surface area contributed by atoms with Crippen LogP contribution in [0.25, 0.3) is 32.9 Å². The second-order valence-electron chi connectivity index (χ2n) is 10.8. The normalized spacial score (nSPS) is 14.0. The maximum Gasteiger partial charge on any atom is 0.434 e. The number of ether oxygens (including phenoxy) is 2. The average molecular weight is 582 g/mol. The monoisotopic (exact) mass is 581 g/mol. The van der Waals surface area contributed by atoms with E-state index in [9.17, 15) is 23.1 Å². The fourth-order valence-electron chi connectivity index (χ4n) is 4.59. The van der Waals surface area contributed by atoms with E-state index in [2.05, 4.69) is 10.3 Å². The summed E-state index contributed by atoms with van der Waals surface area (Å²) in [5, 5.41) is 16.0. The van der Waals surface area contributed by atoms with Crippen LogP contribution in [0.2, 0.25) is 0 Å². The Morgan fingerprint density at radius 3 is 2.54 bits per heavy atom. The van der Waals surface area contributed by atoms with Gasteiger partial charge in [0.25, 0.3) is 0 Å². The van der Waals surface area contributed by atoms with Gasteiger partial charge in [-0.3, -0.25) is 10.1 Å². The summed E-state index contributed by atoms with van der Waals surface area (Å²) in [6.07, 6.45) is -0.278. The quantitative estimate of drug-likeness (QED) is 0.222. The number of aliphatic hydroxyl groups is 1. The SMILES string of the molecule is CC(C)(C)OC(=O)[C@@H](COc1ccc2c(c1)[nH]c1ccccc12)NC[C@H](O)c1ccc2oc(=O)n(S(C)(=O)=O)c2c1. The number of carbonyl (C=O) groups excluding carboxylic acids is 1. The summed E-state index contributed by atoms with van der Waals surface area (Å²) in [6.45, 7) is 5.08. The number of esters is 1. The number of oxazole rings is 1. The van der Waals surface area contributed by atoms with E-state index in [1.54, 1.807) is 20.8 Å². The highest BCUT2D eigenvalue weighted by atomic mass is 32.2. The lowest BCUT2D eigenvalue weighted by Gasteiger charge is -2.25. The van der Waals surface area contributed by atoms with Gasteiger partial charge in [-0.05, 0) is 56.7 Å². The van der Waals surface area contributed by atoms with Crippen molar-refractivity contribution in [1.82, 2.24) is 14.3 Å². The number of nitrogens with one attached hydrogen (secondary N) is 2. The largest absolute Gasteiger partial charge is 0.491 e. The highest BCUT2D eigenvalue weighted by molar-refractivity contribution is 7.89. The molecule has 216 valence electrons. The standard InChI is InChI=1S/C29H31N3O8S/c1-29(2,3)40-27(34)23(16-38-18-10-11-20-19-7-5-6-8-21(19)31-22(20)14-18)30-15-25(33)17-9-12-26-24(13-17)32(28(35)39-26)41(4,36)37/h5-14,23,25,30-31,33H,15-16H2,1-4H3/t23-,25+/m1/s1. The Morgan fingerprint density at radius 2 is 1.80 bits per heavy atom. The Morgan fingerprint density at radius 1 is 1.07 bits per heavy atom. The van der Waals surface area contributed by atoms with Crippen LogP contribution in [0.3, 0.4) is 0 Å². The van der Waals surface area contributed by atoms with Gasteiger partial charge in [-0.15, -0.1) is 0 Å². The van der Waals surface area contributed by atoms with Gasteiger partial charge in [0.1, 0.15) is 29.5 Å². The lowest BCUT2D eigenvalue weighted by atomic mass is 10.1. The molecule has 11 nitrogen and oxygen atoms in total. The number of rotatable bonds is 9. The molecule has 0 saturated carbocycles. The predicted octanol–water partition coefficient (Wildman–Crippen LogP) is 3.45. The first-order valence-corrected chi connectivity index (χ1v) is 14.8. The number of aromatic nitrogens is 2. The van der Waals surface area contributed by atoms with Crippen LogP contribution in [0.4, 0.5) is 0 Å². The summed E-state index contributed by atoms with van der Waals surface area (Å²) in [6, 6.07) is 16.9. The molecular weight excluding hydrogens is 550 g/mol. The molecule has 0 aliphatic carbocycles. The van der Waals surface area contributed by atoms with E-state index in [1.807, 2.05) is 42.5 Å². The lowest BCUT2D eigenvalue weighted by Crippen LogP contribution is -2.46. The summed E-state index contributed by atoms with van der Waals surface area (Å²) < 4.78 is 41.2. The Balaban J connectivity index is 1.33. The third-order valence-electron chi connectivity index (χ3n) is 6.42. The minimum absolute atomic E-state index is 0.00782. The zero-order valence-electron chi connectivity index (χ0n) is 23.0. The van der Waals surface area contributed by atoms with Crippen molar-refractivity contribution in [2.24, 2.45) is 0 Å². The Bertz CT molecular complexity index is 1910. The van der Waals surface area contributed by atoms with Gasteiger partial charge >= 0.3 is 11.7 Å². The van der Waals surface area contributed by atoms with Crippen LogP contribution in [0.1, 0.15) is 32.4 Å². The van der Waals surface area contributed by atoms with Gasteiger partial charge in [0.15, 0.2) is 5.58 Å². The average Bonchev–Trinajstić information content (AvgIpc) is 3.42. The highest BCUT2D eigenvalue weighted by Gasteiger charge is 2.27. The fourth-order valence-corrected chi connectivity index (χ4v) is 5.40. The molecule has 3 aromatic carbocycles. The minimum Gasteiger partial charge on any atom is -0.491 e. The van der Waals surface area contributed by atoms with E-state index in [0.29, 0.717) is 15.3 Å². The van der Waals surface area contributed by atoms with Crippen molar-refractivity contribution in [2.45, 2.75) is 38.5 Å². The van der Waals surface area contributed by atoms with Crippen LogP contribution in [0, 0.1) is 0 Å². The van der Waals surface area contributed by atoms with Crippen molar-refractivity contribution in [2.75, 3.05) is 19.4 Å². The van der Waals surface area contributed by atoms with Crippen LogP contribution in [-0.4, -0.2) is 59.5 Å². The molecule has 41 heavy (non-hydrogen) atoms. The number of fused-ring (bicyclic) bond motifs is 4. The van der Waals surface area contributed by atoms with Crippen molar-refractivity contribution >= 4 is 48.9 Å². The molecule has 5 rings (SSSR count). The summed E-state index contributed by atoms with van der Waals surface area (Å²) >= 11 is 0. The zero-order valence-corrected chi connectivity index (χ0v) is 23.8. The van der Waals surface area contributed by atoms with Crippen LogP contribution >= 0.6 is 0 Å². The Hall–Kier alpha value is -4.13. The lowest BCUT2D eigenvalue weighted by molar-refractivity contribution is -0.158. The molecule has 2 atom stereocenters. The molecule has 0 aliphatic rings. The highest BCUT2D eigenvalue weighted by Crippen LogP contribution is 2.28. The number of carbonyl (C=O) groups is 1. The molecule has 0 spiro atoms. The summed E-state index contributed by atoms with van der Waals surface area (Å²) in [5.74, 6) is -1.06. The van der Waals surface area contributed by atoms with E-state index in [0.717, 1.165) is 28.1 Å². The first-order valence-electron chi connectivity index (χ1n) is 12.9. The molecule has 0 bridgehead atoms. The number of aromatic amines is 1. The number of hydrogen-bond acceptors (Lipinski definition) is 9. The molecule has 0 saturated heterocycles. The first kappa shape index (κ1) is 28.4. The molecule has 5 aromatic rings. The fraction of sp³-hybridized carbons (Fsp3) is 0.310. The predicted molar refractivity (Wildman–Crippen MR) is 155 cm³/mol. The summed E-state index contributed by atoms with van der Waals surface area (Å²) in [5.41, 5.74) is 1.54. The number of H-pyrrole nitrogens is 1. The zero-order chi connectivity index (χ0) is 29.5. The number of hydrogen-bond donors (Lipinski definition) is 3. The van der Waals surface area contributed by atoms with E-state index in [1.165, 1.54) is 18.2 Å². The van der Waals surface area contributed by atoms with Crippen molar-refractivity contribution in [3.63, 3.8) is 0 Å². The smallest absolute Gasteiger partial charge is 0.434 e. The number of nitrogens with zero attached hydrogens (tertiary/aromatic N) is 1. The molecule has 0 fully saturated rings. The van der Waals surface area contributed by atoms with Gasteiger partial charge < -0.3 is 24.0 Å². The Labute approximate surface area is 235 Å². The summed E-state index contributed by atoms with van der Waals surface area (Å²) in [7, 11) is -3.94. The molecule has 3 N–H and O–H groups in total. The maximum atomic E-state index is 13.0. The molecule has 2 heterocycles.